The van der Waals surface area contributed by atoms with Gasteiger partial charge in [-0.2, -0.15) is 5.10 Å². The van der Waals surface area contributed by atoms with Gasteiger partial charge in [-0.3, -0.25) is 14.3 Å². The molecule has 1 aromatic carbocycles. The van der Waals surface area contributed by atoms with Gasteiger partial charge in [0.25, 0.3) is 5.56 Å². The van der Waals surface area contributed by atoms with Crippen LogP contribution in [0.5, 0.6) is 0 Å². The van der Waals surface area contributed by atoms with Crippen molar-refractivity contribution in [1.29, 1.82) is 0 Å². The van der Waals surface area contributed by atoms with Gasteiger partial charge in [-0.05, 0) is 32.4 Å². The van der Waals surface area contributed by atoms with E-state index in [9.17, 15) is 9.59 Å². The van der Waals surface area contributed by atoms with E-state index in [4.69, 9.17) is 0 Å². The van der Waals surface area contributed by atoms with Gasteiger partial charge in [0.1, 0.15) is 12.1 Å². The molecule has 0 saturated heterocycles. The summed E-state index contributed by atoms with van der Waals surface area (Å²) in [4.78, 5) is 25.1. The number of pyridine rings is 1. The first kappa shape index (κ1) is 17.0. The minimum atomic E-state index is -0.197. The molecule has 0 aliphatic rings. The molecule has 0 bridgehead atoms. The lowest BCUT2D eigenvalue weighted by molar-refractivity contribution is -0.122. The number of nitrogens with one attached hydrogen (secondary N) is 1. The highest BCUT2D eigenvalue weighted by molar-refractivity contribution is 5.81. The number of benzene rings is 1. The minimum Gasteiger partial charge on any atom is -0.348 e. The Balaban J connectivity index is 1.82. The Morgan fingerprint density at radius 2 is 1.96 bits per heavy atom. The van der Waals surface area contributed by atoms with E-state index < -0.39 is 0 Å². The van der Waals surface area contributed by atoms with Crippen LogP contribution in [0, 0.1) is 6.92 Å². The summed E-state index contributed by atoms with van der Waals surface area (Å²) in [6.07, 6.45) is 1.66. The molecule has 2 aromatic heterocycles. The van der Waals surface area contributed by atoms with Gasteiger partial charge in [-0.1, -0.05) is 30.3 Å². The normalized spacial score (nSPS) is 12.3. The number of rotatable bonds is 5. The third-order valence-electron chi connectivity index (χ3n) is 4.35. The maximum absolute atomic E-state index is 12.7. The fourth-order valence-electron chi connectivity index (χ4n) is 3.01. The molecule has 2 heterocycles. The third-order valence-corrected chi connectivity index (χ3v) is 4.35. The second-order valence-electron chi connectivity index (χ2n) is 6.11. The summed E-state index contributed by atoms with van der Waals surface area (Å²) in [6, 6.07) is 11.5. The molecule has 6 nitrogen and oxygen atoms in total. The summed E-state index contributed by atoms with van der Waals surface area (Å²) in [6.45, 7) is 6.35. The van der Waals surface area contributed by atoms with E-state index >= 15 is 0 Å². The molecular formula is C19H22N4O2. The average Bonchev–Trinajstić information content (AvgIpc) is 2.94. The highest BCUT2D eigenvalue weighted by atomic mass is 16.2. The van der Waals surface area contributed by atoms with Gasteiger partial charge in [0.15, 0.2) is 0 Å². The first-order valence-corrected chi connectivity index (χ1v) is 8.42. The van der Waals surface area contributed by atoms with Gasteiger partial charge >= 0.3 is 0 Å². The van der Waals surface area contributed by atoms with Crippen molar-refractivity contribution < 1.29 is 4.79 Å². The van der Waals surface area contributed by atoms with Crippen molar-refractivity contribution in [3.05, 3.63) is 64.2 Å². The number of hydrogen-bond acceptors (Lipinski definition) is 3. The van der Waals surface area contributed by atoms with Crippen molar-refractivity contribution >= 4 is 16.8 Å². The van der Waals surface area contributed by atoms with Gasteiger partial charge in [0.05, 0.1) is 11.7 Å². The van der Waals surface area contributed by atoms with Crippen LogP contribution in [0.2, 0.25) is 0 Å². The Labute approximate surface area is 146 Å². The van der Waals surface area contributed by atoms with Crippen LogP contribution in [0.15, 0.2) is 47.4 Å². The highest BCUT2D eigenvalue weighted by Gasteiger charge is 2.15. The maximum Gasteiger partial charge on any atom is 0.277 e. The van der Waals surface area contributed by atoms with Crippen molar-refractivity contribution in [2.45, 2.75) is 39.9 Å². The van der Waals surface area contributed by atoms with Crippen molar-refractivity contribution in [2.75, 3.05) is 0 Å². The molecule has 0 unspecified atom stereocenters. The SMILES string of the molecule is CCn1nc(C)c2ccn(CC(=O)N[C@H](C)c3ccccc3)c(=O)c21. The molecule has 0 spiro atoms. The average molecular weight is 338 g/mol. The number of nitrogens with zero attached hydrogens (tertiary/aromatic N) is 3. The first-order valence-electron chi connectivity index (χ1n) is 8.42. The summed E-state index contributed by atoms with van der Waals surface area (Å²) in [7, 11) is 0. The molecule has 1 amide bonds. The molecule has 1 atom stereocenters. The largest absolute Gasteiger partial charge is 0.348 e. The number of amides is 1. The van der Waals surface area contributed by atoms with Gasteiger partial charge in [-0.25, -0.2) is 0 Å². The second kappa shape index (κ2) is 6.93. The minimum absolute atomic E-state index is 0.0140. The van der Waals surface area contributed by atoms with Crippen LogP contribution in [0.4, 0.5) is 0 Å². The topological polar surface area (TPSA) is 68.9 Å². The standard InChI is InChI=1S/C19H22N4O2/c1-4-23-18-16(14(3)21-23)10-11-22(19(18)25)12-17(24)20-13(2)15-8-6-5-7-9-15/h5-11,13H,4,12H2,1-3H3,(H,20,24)/t13-/m1/s1. The Kier molecular flexibility index (Phi) is 4.70. The van der Waals surface area contributed by atoms with Crippen LogP contribution in [0.1, 0.15) is 31.1 Å². The number of carbonyl (C=O) groups excluding carboxylic acids is 1. The van der Waals surface area contributed by atoms with Gasteiger partial charge in [-0.15, -0.1) is 0 Å². The quantitative estimate of drug-likeness (QED) is 0.777. The molecule has 0 saturated carbocycles. The van der Waals surface area contributed by atoms with Gasteiger partial charge in [0, 0.05) is 18.1 Å². The van der Waals surface area contributed by atoms with Crippen LogP contribution in [0.3, 0.4) is 0 Å². The van der Waals surface area contributed by atoms with Crippen LogP contribution in [-0.2, 0) is 17.9 Å². The zero-order chi connectivity index (χ0) is 18.0. The van der Waals surface area contributed by atoms with Gasteiger partial charge in [0.2, 0.25) is 5.91 Å². The summed E-state index contributed by atoms with van der Waals surface area (Å²) in [5.41, 5.74) is 2.20. The second-order valence-corrected chi connectivity index (χ2v) is 6.11. The number of fused-ring (bicyclic) bond motifs is 1. The van der Waals surface area contributed by atoms with Crippen molar-refractivity contribution in [2.24, 2.45) is 0 Å². The number of hydrogen-bond donors (Lipinski definition) is 1. The predicted octanol–water partition coefficient (Wildman–Crippen LogP) is 2.40. The fraction of sp³-hybridized carbons (Fsp3) is 0.316. The van der Waals surface area contributed by atoms with E-state index in [-0.39, 0.29) is 24.1 Å². The molecule has 0 radical (unpaired) electrons. The van der Waals surface area contributed by atoms with Crippen LogP contribution >= 0.6 is 0 Å². The summed E-state index contributed by atoms with van der Waals surface area (Å²) < 4.78 is 3.12. The Bertz CT molecular complexity index is 957. The molecule has 1 N–H and O–H groups in total. The fourth-order valence-corrected chi connectivity index (χ4v) is 3.01. The first-order chi connectivity index (χ1) is 12.0. The zero-order valence-corrected chi connectivity index (χ0v) is 14.7. The Hall–Kier alpha value is -2.89. The monoisotopic (exact) mass is 338 g/mol. The summed E-state index contributed by atoms with van der Waals surface area (Å²) in [5, 5.41) is 8.15. The summed E-state index contributed by atoms with van der Waals surface area (Å²) in [5.74, 6) is -0.197. The van der Waals surface area contributed by atoms with Crippen LogP contribution < -0.4 is 10.9 Å². The van der Waals surface area contributed by atoms with Crippen molar-refractivity contribution in [3.63, 3.8) is 0 Å². The van der Waals surface area contributed by atoms with E-state index in [1.54, 1.807) is 10.9 Å². The lowest BCUT2D eigenvalue weighted by atomic mass is 10.1. The molecule has 0 aliphatic carbocycles. The van der Waals surface area contributed by atoms with E-state index in [0.717, 1.165) is 16.6 Å². The number of aryl methyl sites for hydroxylation is 2. The molecule has 0 fully saturated rings. The zero-order valence-electron chi connectivity index (χ0n) is 14.7. The maximum atomic E-state index is 12.7. The molecule has 3 aromatic rings. The molecule has 25 heavy (non-hydrogen) atoms. The molecule has 6 heteroatoms. The van der Waals surface area contributed by atoms with E-state index in [1.165, 1.54) is 4.57 Å². The third kappa shape index (κ3) is 3.33. The molecular weight excluding hydrogens is 316 g/mol. The number of carbonyl (C=O) groups is 1. The lowest BCUT2D eigenvalue weighted by Crippen LogP contribution is -2.34. The lowest BCUT2D eigenvalue weighted by Gasteiger charge is -2.15. The Morgan fingerprint density at radius 3 is 2.64 bits per heavy atom. The Morgan fingerprint density at radius 1 is 1.24 bits per heavy atom. The van der Waals surface area contributed by atoms with Crippen molar-refractivity contribution in [3.8, 4) is 0 Å². The summed E-state index contributed by atoms with van der Waals surface area (Å²) >= 11 is 0. The van der Waals surface area contributed by atoms with E-state index in [1.807, 2.05) is 57.2 Å². The molecule has 130 valence electrons. The van der Waals surface area contributed by atoms with Crippen molar-refractivity contribution in [1.82, 2.24) is 19.7 Å². The smallest absolute Gasteiger partial charge is 0.277 e. The molecule has 3 rings (SSSR count). The molecule has 0 aliphatic heterocycles. The highest BCUT2D eigenvalue weighted by Crippen LogP contribution is 2.14. The van der Waals surface area contributed by atoms with E-state index in [2.05, 4.69) is 10.4 Å². The van der Waals surface area contributed by atoms with E-state index in [0.29, 0.717) is 12.1 Å². The van der Waals surface area contributed by atoms with Crippen LogP contribution in [0.25, 0.3) is 10.9 Å². The predicted molar refractivity (Wildman–Crippen MR) is 97.4 cm³/mol. The van der Waals surface area contributed by atoms with Gasteiger partial charge < -0.3 is 9.88 Å². The number of aromatic nitrogens is 3. The van der Waals surface area contributed by atoms with Crippen LogP contribution in [-0.4, -0.2) is 20.3 Å².